The second-order valence-electron chi connectivity index (χ2n) is 9.08. The van der Waals surface area contributed by atoms with Crippen molar-refractivity contribution in [1.82, 2.24) is 9.62 Å². The highest BCUT2D eigenvalue weighted by atomic mass is 32.2. The van der Waals surface area contributed by atoms with E-state index in [0.29, 0.717) is 36.4 Å². The van der Waals surface area contributed by atoms with Crippen molar-refractivity contribution in [3.63, 3.8) is 0 Å². The maximum absolute atomic E-state index is 13.3. The largest absolute Gasteiger partial charge is 0.494 e. The summed E-state index contributed by atoms with van der Waals surface area (Å²) in [4.78, 5) is 24.3. The van der Waals surface area contributed by atoms with Crippen LogP contribution in [0.25, 0.3) is 4.91 Å². The van der Waals surface area contributed by atoms with Gasteiger partial charge >= 0.3 is 5.97 Å². The molecule has 9 heteroatoms. The Kier molecular flexibility index (Phi) is 7.35. The Hall–Kier alpha value is -3.33. The third-order valence-electron chi connectivity index (χ3n) is 5.39. The minimum Gasteiger partial charge on any atom is -0.494 e. The molecule has 1 amide bonds. The SMILES string of the molecule is CC(C(=O)O)c1cccc(OCCCNC2=C(c3ccccc3)S(=O)(=O)N(C(C)(C)C)C2=O)c1. The third-order valence-corrected chi connectivity index (χ3v) is 7.54. The number of sulfonamides is 1. The van der Waals surface area contributed by atoms with Gasteiger partial charge < -0.3 is 15.2 Å². The van der Waals surface area contributed by atoms with E-state index in [1.165, 1.54) is 0 Å². The Labute approximate surface area is 200 Å². The van der Waals surface area contributed by atoms with Crippen LogP contribution in [0, 0.1) is 0 Å². The summed E-state index contributed by atoms with van der Waals surface area (Å²) in [6.45, 7) is 7.27. The Bertz CT molecular complexity index is 1200. The standard InChI is InChI=1S/C25H30N2O6S/c1-17(24(29)30)19-12-8-13-20(16-19)33-15-9-14-26-21-22(18-10-6-5-7-11-18)34(31,32)27(23(21)28)25(2,3)4/h5-8,10-13,16-17,26H,9,14-15H2,1-4H3,(H,29,30). The van der Waals surface area contributed by atoms with Crippen LogP contribution in [0.1, 0.15) is 51.2 Å². The molecular weight excluding hydrogens is 456 g/mol. The normalized spacial score (nSPS) is 16.5. The maximum atomic E-state index is 13.3. The highest BCUT2D eigenvalue weighted by molar-refractivity contribution is 7.99. The van der Waals surface area contributed by atoms with E-state index >= 15 is 0 Å². The first-order chi connectivity index (χ1) is 15.9. The zero-order chi connectivity index (χ0) is 25.1. The number of carbonyl (C=O) groups excluding carboxylic acids is 1. The molecular formula is C25H30N2O6S. The third kappa shape index (κ3) is 5.25. The topological polar surface area (TPSA) is 113 Å². The summed E-state index contributed by atoms with van der Waals surface area (Å²) in [7, 11) is -4.02. The molecule has 0 spiro atoms. The van der Waals surface area contributed by atoms with Crippen LogP contribution in [0.4, 0.5) is 0 Å². The van der Waals surface area contributed by atoms with Gasteiger partial charge in [-0.15, -0.1) is 0 Å². The molecule has 182 valence electrons. The molecule has 1 unspecified atom stereocenters. The van der Waals surface area contributed by atoms with E-state index in [-0.39, 0.29) is 10.6 Å². The predicted molar refractivity (Wildman–Crippen MR) is 129 cm³/mol. The molecule has 2 N–H and O–H groups in total. The number of rotatable bonds is 9. The van der Waals surface area contributed by atoms with Gasteiger partial charge in [-0.05, 0) is 57.4 Å². The first-order valence-electron chi connectivity index (χ1n) is 11.0. The number of carbonyl (C=O) groups is 2. The van der Waals surface area contributed by atoms with Gasteiger partial charge in [-0.1, -0.05) is 42.5 Å². The highest BCUT2D eigenvalue weighted by Crippen LogP contribution is 2.38. The van der Waals surface area contributed by atoms with Gasteiger partial charge in [0.25, 0.3) is 15.9 Å². The average molecular weight is 487 g/mol. The van der Waals surface area contributed by atoms with Crippen LogP contribution < -0.4 is 10.1 Å². The van der Waals surface area contributed by atoms with Crippen LogP contribution in [-0.4, -0.2) is 48.4 Å². The molecule has 1 atom stereocenters. The lowest BCUT2D eigenvalue weighted by Crippen LogP contribution is -2.46. The molecule has 0 saturated heterocycles. The molecule has 0 bridgehead atoms. The lowest BCUT2D eigenvalue weighted by atomic mass is 10.0. The molecule has 3 rings (SSSR count). The van der Waals surface area contributed by atoms with Gasteiger partial charge in [-0.2, -0.15) is 0 Å². The predicted octanol–water partition coefficient (Wildman–Crippen LogP) is 3.57. The van der Waals surface area contributed by atoms with Gasteiger partial charge in [0.05, 0.1) is 18.1 Å². The Morgan fingerprint density at radius 1 is 1.12 bits per heavy atom. The molecule has 1 heterocycles. The number of amides is 1. The molecule has 0 radical (unpaired) electrons. The van der Waals surface area contributed by atoms with Crippen molar-refractivity contribution in [2.45, 2.75) is 45.6 Å². The molecule has 2 aromatic carbocycles. The van der Waals surface area contributed by atoms with Crippen LogP contribution >= 0.6 is 0 Å². The first kappa shape index (κ1) is 25.3. The summed E-state index contributed by atoms with van der Waals surface area (Å²) in [6.07, 6.45) is 0.493. The van der Waals surface area contributed by atoms with E-state index in [0.717, 1.165) is 4.31 Å². The van der Waals surface area contributed by atoms with E-state index in [9.17, 15) is 23.1 Å². The van der Waals surface area contributed by atoms with Gasteiger partial charge in [0.15, 0.2) is 0 Å². The van der Waals surface area contributed by atoms with Crippen molar-refractivity contribution in [1.29, 1.82) is 0 Å². The van der Waals surface area contributed by atoms with E-state index in [1.807, 2.05) is 0 Å². The minimum absolute atomic E-state index is 0.0238. The van der Waals surface area contributed by atoms with Gasteiger partial charge in [0, 0.05) is 6.54 Å². The van der Waals surface area contributed by atoms with E-state index in [1.54, 1.807) is 82.3 Å². The number of hydrogen-bond donors (Lipinski definition) is 2. The fourth-order valence-electron chi connectivity index (χ4n) is 3.72. The second-order valence-corrected chi connectivity index (χ2v) is 10.8. The van der Waals surface area contributed by atoms with E-state index in [4.69, 9.17) is 4.74 Å². The van der Waals surface area contributed by atoms with Gasteiger partial charge in [-0.3, -0.25) is 9.59 Å². The van der Waals surface area contributed by atoms with E-state index in [2.05, 4.69) is 5.32 Å². The summed E-state index contributed by atoms with van der Waals surface area (Å²) >= 11 is 0. The van der Waals surface area contributed by atoms with Crippen molar-refractivity contribution in [2.24, 2.45) is 0 Å². The monoisotopic (exact) mass is 486 g/mol. The van der Waals surface area contributed by atoms with Crippen molar-refractivity contribution in [3.05, 3.63) is 71.4 Å². The molecule has 0 aliphatic carbocycles. The number of carboxylic acids is 1. The summed E-state index contributed by atoms with van der Waals surface area (Å²) in [5.41, 5.74) is 0.231. The Morgan fingerprint density at radius 2 is 1.79 bits per heavy atom. The molecule has 0 fully saturated rings. The minimum atomic E-state index is -4.02. The number of carboxylic acid groups (broad SMARTS) is 1. The molecule has 0 saturated carbocycles. The van der Waals surface area contributed by atoms with Crippen LogP contribution in [0.3, 0.4) is 0 Å². The number of ether oxygens (including phenoxy) is 1. The molecule has 8 nitrogen and oxygen atoms in total. The van der Waals surface area contributed by atoms with Crippen molar-refractivity contribution in [2.75, 3.05) is 13.2 Å². The summed E-state index contributed by atoms with van der Waals surface area (Å²) in [6, 6.07) is 15.5. The smallest absolute Gasteiger partial charge is 0.310 e. The summed E-state index contributed by atoms with van der Waals surface area (Å²) in [5.74, 6) is -1.59. The molecule has 0 aromatic heterocycles. The van der Waals surface area contributed by atoms with Crippen molar-refractivity contribution < 1.29 is 27.9 Å². The number of aliphatic carboxylic acids is 1. The Balaban J connectivity index is 1.72. The van der Waals surface area contributed by atoms with Crippen LogP contribution in [0.2, 0.25) is 0 Å². The molecule has 1 aliphatic heterocycles. The second kappa shape index (κ2) is 9.89. The summed E-state index contributed by atoms with van der Waals surface area (Å²) in [5, 5.41) is 12.2. The van der Waals surface area contributed by atoms with Gasteiger partial charge in [0.1, 0.15) is 16.4 Å². The number of nitrogens with one attached hydrogen (secondary N) is 1. The van der Waals surface area contributed by atoms with Crippen LogP contribution in [0.15, 0.2) is 60.3 Å². The number of benzene rings is 2. The molecule has 34 heavy (non-hydrogen) atoms. The number of nitrogens with zero attached hydrogens (tertiary/aromatic N) is 1. The fraction of sp³-hybridized carbons (Fsp3) is 0.360. The van der Waals surface area contributed by atoms with Crippen molar-refractivity contribution >= 4 is 26.8 Å². The van der Waals surface area contributed by atoms with Crippen LogP contribution in [-0.2, 0) is 19.6 Å². The Morgan fingerprint density at radius 3 is 2.41 bits per heavy atom. The quantitative estimate of drug-likeness (QED) is 0.521. The lowest BCUT2D eigenvalue weighted by molar-refractivity contribution is -0.138. The number of hydrogen-bond acceptors (Lipinski definition) is 6. The van der Waals surface area contributed by atoms with Crippen molar-refractivity contribution in [3.8, 4) is 5.75 Å². The average Bonchev–Trinajstić information content (AvgIpc) is 2.98. The van der Waals surface area contributed by atoms with Gasteiger partial charge in [0.2, 0.25) is 0 Å². The first-order valence-corrected chi connectivity index (χ1v) is 12.5. The zero-order valence-electron chi connectivity index (χ0n) is 19.7. The van der Waals surface area contributed by atoms with E-state index < -0.39 is 33.4 Å². The zero-order valence-corrected chi connectivity index (χ0v) is 20.6. The summed E-state index contributed by atoms with van der Waals surface area (Å²) < 4.78 is 33.3. The maximum Gasteiger partial charge on any atom is 0.310 e. The van der Waals surface area contributed by atoms with Gasteiger partial charge in [-0.25, -0.2) is 12.7 Å². The lowest BCUT2D eigenvalue weighted by Gasteiger charge is -2.30. The highest BCUT2D eigenvalue weighted by Gasteiger charge is 2.49. The molecule has 2 aromatic rings. The fourth-order valence-corrected chi connectivity index (χ4v) is 5.79. The van der Waals surface area contributed by atoms with Crippen LogP contribution in [0.5, 0.6) is 5.75 Å². The molecule has 1 aliphatic rings.